The minimum atomic E-state index is -0.992. The number of rotatable bonds is 5. The molecule has 0 heterocycles. The van der Waals surface area contributed by atoms with E-state index < -0.39 is 21.6 Å². The average molecular weight is 494 g/mol. The summed E-state index contributed by atoms with van der Waals surface area (Å²) in [5, 5.41) is 1.96. The molecule has 10 radical (unpaired) electrons. The Hall–Kier alpha value is 1.34. The van der Waals surface area contributed by atoms with E-state index in [1.807, 2.05) is 67.2 Å². The van der Waals surface area contributed by atoms with Crippen molar-refractivity contribution in [3.63, 3.8) is 0 Å². The molecule has 0 amide bonds. The van der Waals surface area contributed by atoms with Crippen molar-refractivity contribution >= 4 is 47.9 Å². The predicted octanol–water partition coefficient (Wildman–Crippen LogP) is 2.79. The summed E-state index contributed by atoms with van der Waals surface area (Å²) in [4.78, 5) is 2.45. The van der Waals surface area contributed by atoms with Gasteiger partial charge in [-0.15, -0.1) is 0 Å². The second kappa shape index (κ2) is 8.57. The van der Waals surface area contributed by atoms with Crippen LogP contribution in [0.4, 0.5) is 0 Å². The zero-order valence-corrected chi connectivity index (χ0v) is 20.0. The Labute approximate surface area is 165 Å². The fraction of sp³-hybridized carbons (Fsp3) is 0.444. The number of hydrogen-bond donors (Lipinski definition) is 0. The van der Waals surface area contributed by atoms with Crippen LogP contribution < -0.4 is 0 Å². The van der Waals surface area contributed by atoms with E-state index in [0.717, 1.165) is 10.5 Å². The first-order chi connectivity index (χ1) is 11.0. The Morgan fingerprint density at radius 3 is 1.29 bits per heavy atom. The van der Waals surface area contributed by atoms with Crippen LogP contribution in [0.25, 0.3) is 0 Å². The van der Waals surface area contributed by atoms with Crippen LogP contribution in [0.5, 0.6) is 0 Å². The summed E-state index contributed by atoms with van der Waals surface area (Å²) in [6, 6.07) is 0. The molecule has 2 atom stereocenters. The Bertz CT molecular complexity index is 438. The fourth-order valence-electron chi connectivity index (χ4n) is 1.97. The van der Waals surface area contributed by atoms with Gasteiger partial charge >= 0.3 is 166 Å². The molecule has 2 nitrogen and oxygen atoms in total. The van der Waals surface area contributed by atoms with E-state index in [-0.39, 0.29) is 35.8 Å². The van der Waals surface area contributed by atoms with Crippen LogP contribution in [0, 0.1) is 58.7 Å². The van der Waals surface area contributed by atoms with Crippen LogP contribution in [-0.2, 0) is 21.6 Å². The summed E-state index contributed by atoms with van der Waals surface area (Å²) in [6.07, 6.45) is 12.2. The van der Waals surface area contributed by atoms with Gasteiger partial charge < -0.3 is 0 Å². The summed E-state index contributed by atoms with van der Waals surface area (Å²) in [7, 11) is -1.98. The van der Waals surface area contributed by atoms with E-state index in [2.05, 4.69) is 12.8 Å². The molecular formula is C18H24O2S2Se2. The van der Waals surface area contributed by atoms with E-state index in [1.165, 1.54) is 9.63 Å². The van der Waals surface area contributed by atoms with Gasteiger partial charge in [-0.25, -0.2) is 0 Å². The molecule has 0 saturated heterocycles. The van der Waals surface area contributed by atoms with Gasteiger partial charge in [0.05, 0.1) is 0 Å². The number of hydrogen-bond acceptors (Lipinski definition) is 2. The van der Waals surface area contributed by atoms with Crippen LogP contribution in [0.2, 0.25) is 0 Å². The van der Waals surface area contributed by atoms with Gasteiger partial charge in [-0.3, -0.25) is 0 Å². The van der Waals surface area contributed by atoms with E-state index in [0.29, 0.717) is 0 Å². The molecule has 2 rings (SSSR count). The molecule has 24 heavy (non-hydrogen) atoms. The second-order valence-corrected chi connectivity index (χ2v) is 18.0. The molecule has 0 spiro atoms. The monoisotopic (exact) mass is 496 g/mol. The van der Waals surface area contributed by atoms with E-state index in [9.17, 15) is 8.42 Å². The normalized spacial score (nSPS) is 25.4. The molecule has 0 aromatic rings. The molecular weight excluding hydrogens is 470 g/mol. The maximum atomic E-state index is 12.7. The van der Waals surface area contributed by atoms with E-state index >= 15 is 0 Å². The topological polar surface area (TPSA) is 34.1 Å². The Morgan fingerprint density at radius 1 is 0.667 bits per heavy atom. The molecule has 0 aliphatic heterocycles. The van der Waals surface area contributed by atoms with Gasteiger partial charge in [0.1, 0.15) is 0 Å². The van der Waals surface area contributed by atoms with Crippen molar-refractivity contribution < 1.29 is 8.42 Å². The van der Waals surface area contributed by atoms with Crippen molar-refractivity contribution in [1.29, 1.82) is 0 Å². The van der Waals surface area contributed by atoms with Gasteiger partial charge in [-0.2, -0.15) is 0 Å². The third kappa shape index (κ3) is 5.42. The molecule has 132 valence electrons. The first kappa shape index (κ1) is 21.6. The van der Waals surface area contributed by atoms with Gasteiger partial charge in [0, 0.05) is 0 Å². The molecule has 2 aliphatic carbocycles. The van der Waals surface area contributed by atoms with Gasteiger partial charge in [0.15, 0.2) is 0 Å². The van der Waals surface area contributed by atoms with Crippen molar-refractivity contribution in [2.24, 2.45) is 0 Å². The SMILES string of the molecule is CC(C)(C)[S@@](=O)[C]1[CH][CH][CH][C]1[Se][Se][C]1[CH][CH][CH][C]1[S@](=O)C(C)(C)C. The Kier molecular flexibility index (Phi) is 7.72. The molecule has 6 heteroatoms. The van der Waals surface area contributed by atoms with Gasteiger partial charge in [-0.1, -0.05) is 0 Å². The quantitative estimate of drug-likeness (QED) is 0.551. The molecule has 0 aromatic heterocycles. The zero-order valence-electron chi connectivity index (χ0n) is 14.9. The first-order valence-electron chi connectivity index (χ1n) is 7.71. The maximum absolute atomic E-state index is 12.7. The minimum absolute atomic E-state index is 0.245. The Morgan fingerprint density at radius 2 is 1.00 bits per heavy atom. The van der Waals surface area contributed by atoms with Crippen molar-refractivity contribution in [3.05, 3.63) is 58.7 Å². The third-order valence-electron chi connectivity index (χ3n) is 3.21. The van der Waals surface area contributed by atoms with E-state index in [1.54, 1.807) is 0 Å². The van der Waals surface area contributed by atoms with Crippen LogP contribution in [0.15, 0.2) is 0 Å². The van der Waals surface area contributed by atoms with Gasteiger partial charge in [0.25, 0.3) is 0 Å². The molecule has 2 saturated carbocycles. The first-order valence-corrected chi connectivity index (χ1v) is 16.1. The standard InChI is InChI=1S/C18H24O2S2Se2/c1-17(2,3)21(19)13-9-7-11-15(13)23-24-16-12-8-10-14(16)22(20)18(4,5)6/h7-12H,1-6H3/t21-,22-/m0/s1. The summed E-state index contributed by atoms with van der Waals surface area (Å²) in [5.74, 6) is 0. The summed E-state index contributed by atoms with van der Waals surface area (Å²) >= 11 is 0.496. The molecule has 0 N–H and O–H groups in total. The van der Waals surface area contributed by atoms with Crippen LogP contribution in [0.1, 0.15) is 41.5 Å². The third-order valence-corrected chi connectivity index (χ3v) is 14.8. The van der Waals surface area contributed by atoms with Gasteiger partial charge in [-0.05, 0) is 0 Å². The molecule has 0 bridgehead atoms. The average Bonchev–Trinajstić information content (AvgIpc) is 3.10. The Balaban J connectivity index is 1.94. The van der Waals surface area contributed by atoms with Crippen molar-refractivity contribution in [2.75, 3.05) is 0 Å². The van der Waals surface area contributed by atoms with Crippen molar-refractivity contribution in [3.8, 4) is 0 Å². The van der Waals surface area contributed by atoms with Crippen molar-refractivity contribution in [1.82, 2.24) is 0 Å². The van der Waals surface area contributed by atoms with Crippen LogP contribution in [0.3, 0.4) is 0 Å². The predicted molar refractivity (Wildman–Crippen MR) is 106 cm³/mol. The molecule has 2 aliphatic rings. The van der Waals surface area contributed by atoms with E-state index in [4.69, 9.17) is 0 Å². The summed E-state index contributed by atoms with van der Waals surface area (Å²) in [5.41, 5.74) is 0. The molecule has 0 unspecified atom stereocenters. The molecule has 2 fully saturated rings. The fourth-order valence-corrected chi connectivity index (χ4v) is 13.5. The zero-order chi connectivity index (χ0) is 18.1. The van der Waals surface area contributed by atoms with Crippen LogP contribution >= 0.6 is 0 Å². The van der Waals surface area contributed by atoms with Crippen LogP contribution in [-0.4, -0.2) is 44.2 Å². The summed E-state index contributed by atoms with van der Waals surface area (Å²) < 4.78 is 24.9. The van der Waals surface area contributed by atoms with Crippen molar-refractivity contribution in [2.45, 2.75) is 51.0 Å². The molecule has 0 aromatic carbocycles. The summed E-state index contributed by atoms with van der Waals surface area (Å²) in [6.45, 7) is 12.1. The van der Waals surface area contributed by atoms with Gasteiger partial charge in [0.2, 0.25) is 0 Å². The second-order valence-electron chi connectivity index (χ2n) is 7.44.